The topological polar surface area (TPSA) is 95.9 Å². The molecule has 0 aliphatic heterocycles. The maximum absolute atomic E-state index is 12.2. The predicted molar refractivity (Wildman–Crippen MR) is 83.7 cm³/mol. The molecule has 0 radical (unpaired) electrons. The molecule has 6 nitrogen and oxygen atoms in total. The van der Waals surface area contributed by atoms with Crippen molar-refractivity contribution in [2.75, 3.05) is 0 Å². The number of carboxylic acid groups (broad SMARTS) is 1. The molecule has 0 saturated carbocycles. The summed E-state index contributed by atoms with van der Waals surface area (Å²) in [4.78, 5) is 35.4. The van der Waals surface area contributed by atoms with Gasteiger partial charge in [-0.3, -0.25) is 4.79 Å². The minimum atomic E-state index is -0.993. The van der Waals surface area contributed by atoms with Gasteiger partial charge in [-0.15, -0.1) is 11.3 Å². The number of rotatable bonds is 3. The first-order valence-corrected chi connectivity index (χ1v) is 8.15. The van der Waals surface area contributed by atoms with Crippen LogP contribution >= 0.6 is 11.3 Å². The molecule has 0 atom stereocenters. The van der Waals surface area contributed by atoms with E-state index in [0.717, 1.165) is 48.3 Å². The minimum absolute atomic E-state index is 0.000416. The molecule has 2 heterocycles. The predicted octanol–water partition coefficient (Wildman–Crippen LogP) is 2.59. The van der Waals surface area contributed by atoms with E-state index >= 15 is 0 Å². The Bertz CT molecular complexity index is 792. The molecule has 0 amide bonds. The van der Waals surface area contributed by atoms with E-state index in [-0.39, 0.29) is 16.4 Å². The summed E-state index contributed by atoms with van der Waals surface area (Å²) >= 11 is 1.07. The summed E-state index contributed by atoms with van der Waals surface area (Å²) in [6, 6.07) is 0. The second-order valence-corrected chi connectivity index (χ2v) is 6.74. The third-order valence-corrected chi connectivity index (χ3v) is 4.85. The normalized spacial score (nSPS) is 14.1. The molecule has 0 bridgehead atoms. The van der Waals surface area contributed by atoms with E-state index in [2.05, 4.69) is 15.0 Å². The summed E-state index contributed by atoms with van der Waals surface area (Å²) in [5.74, 6) is -0.613. The quantitative estimate of drug-likeness (QED) is 0.906. The molecular weight excluding hydrogens is 302 g/mol. The van der Waals surface area contributed by atoms with Gasteiger partial charge in [0.25, 0.3) is 5.56 Å². The Kier molecular flexibility index (Phi) is 3.82. The van der Waals surface area contributed by atoms with Gasteiger partial charge in [-0.25, -0.2) is 14.8 Å². The minimum Gasteiger partial charge on any atom is -0.477 e. The number of aromatic amines is 1. The molecule has 116 valence electrons. The van der Waals surface area contributed by atoms with Crippen LogP contribution in [0.25, 0.3) is 10.8 Å². The number of hydrogen-bond acceptors (Lipinski definition) is 5. The van der Waals surface area contributed by atoms with Crippen LogP contribution in [0.4, 0.5) is 0 Å². The molecule has 0 saturated heterocycles. The van der Waals surface area contributed by atoms with Crippen LogP contribution in [-0.4, -0.2) is 26.0 Å². The maximum atomic E-state index is 12.2. The van der Waals surface area contributed by atoms with Gasteiger partial charge in [0.15, 0.2) is 10.8 Å². The molecule has 0 unspecified atom stereocenters. The average Bonchev–Trinajstić information content (AvgIpc) is 2.93. The Morgan fingerprint density at radius 2 is 2.00 bits per heavy atom. The Morgan fingerprint density at radius 1 is 1.27 bits per heavy atom. The molecule has 2 aromatic heterocycles. The van der Waals surface area contributed by atoms with Gasteiger partial charge < -0.3 is 10.1 Å². The van der Waals surface area contributed by atoms with Gasteiger partial charge in [0.05, 0.1) is 11.4 Å². The first kappa shape index (κ1) is 14.9. The molecule has 0 fully saturated rings. The van der Waals surface area contributed by atoms with Gasteiger partial charge >= 0.3 is 5.97 Å². The number of carbonyl (C=O) groups is 1. The molecule has 1 aliphatic carbocycles. The molecule has 22 heavy (non-hydrogen) atoms. The third kappa shape index (κ3) is 2.56. The van der Waals surface area contributed by atoms with E-state index in [9.17, 15) is 14.7 Å². The first-order chi connectivity index (χ1) is 10.5. The summed E-state index contributed by atoms with van der Waals surface area (Å²) in [5, 5.41) is 9.76. The zero-order chi connectivity index (χ0) is 15.9. The van der Waals surface area contributed by atoms with Crippen LogP contribution in [0.1, 0.15) is 59.2 Å². The van der Waals surface area contributed by atoms with Gasteiger partial charge in [0.2, 0.25) is 0 Å². The zero-order valence-electron chi connectivity index (χ0n) is 12.5. The molecular formula is C15H17N3O3S. The van der Waals surface area contributed by atoms with E-state index in [4.69, 9.17) is 0 Å². The van der Waals surface area contributed by atoms with Crippen LogP contribution in [0.15, 0.2) is 4.79 Å². The van der Waals surface area contributed by atoms with Gasteiger partial charge in [-0.1, -0.05) is 13.8 Å². The Labute approximate surface area is 131 Å². The number of nitrogens with zero attached hydrogens (tertiary/aromatic N) is 2. The van der Waals surface area contributed by atoms with Gasteiger partial charge in [-0.2, -0.15) is 0 Å². The number of fused-ring (bicyclic) bond motifs is 1. The summed E-state index contributed by atoms with van der Waals surface area (Å²) in [6.45, 7) is 3.79. The Balaban J connectivity index is 2.12. The van der Waals surface area contributed by atoms with Crippen LogP contribution in [0.5, 0.6) is 0 Å². The summed E-state index contributed by atoms with van der Waals surface area (Å²) < 4.78 is 0. The first-order valence-electron chi connectivity index (χ1n) is 7.34. The molecule has 2 aromatic rings. The Hall–Kier alpha value is -2.02. The Morgan fingerprint density at radius 3 is 2.64 bits per heavy atom. The highest BCUT2D eigenvalue weighted by Crippen LogP contribution is 2.30. The lowest BCUT2D eigenvalue weighted by molar-refractivity contribution is 0.0700. The number of nitrogens with one attached hydrogen (secondary N) is 1. The molecule has 7 heteroatoms. The van der Waals surface area contributed by atoms with Crippen LogP contribution in [-0.2, 0) is 12.8 Å². The van der Waals surface area contributed by atoms with Crippen molar-refractivity contribution in [3.8, 4) is 10.8 Å². The molecule has 0 aromatic carbocycles. The number of aromatic nitrogens is 3. The van der Waals surface area contributed by atoms with Crippen molar-refractivity contribution in [3.63, 3.8) is 0 Å². The highest BCUT2D eigenvalue weighted by atomic mass is 32.1. The fraction of sp³-hybridized carbons (Fsp3) is 0.467. The van der Waals surface area contributed by atoms with E-state index in [0.29, 0.717) is 16.5 Å². The number of aromatic carboxylic acids is 1. The number of hydrogen-bond donors (Lipinski definition) is 2. The zero-order valence-corrected chi connectivity index (χ0v) is 13.3. The van der Waals surface area contributed by atoms with Gasteiger partial charge in [0, 0.05) is 5.56 Å². The molecule has 1 aliphatic rings. The van der Waals surface area contributed by atoms with Crippen LogP contribution in [0, 0.1) is 0 Å². The van der Waals surface area contributed by atoms with E-state index in [1.54, 1.807) is 0 Å². The standard InChI is InChI=1S/C15H17N3O3S/c1-7(2)10-11(15(20)21)22-14(17-10)12-16-9-6-4-3-5-8(9)13(19)18-12/h7H,3-6H2,1-2H3,(H,20,21)(H,16,18,19). The number of thiazole rings is 1. The number of aryl methyl sites for hydroxylation is 1. The van der Waals surface area contributed by atoms with Gasteiger partial charge in [0.1, 0.15) is 4.88 Å². The molecule has 2 N–H and O–H groups in total. The van der Waals surface area contributed by atoms with Crippen molar-refractivity contribution in [1.29, 1.82) is 0 Å². The second-order valence-electron chi connectivity index (χ2n) is 5.74. The largest absolute Gasteiger partial charge is 0.477 e. The van der Waals surface area contributed by atoms with E-state index < -0.39 is 5.97 Å². The lowest BCUT2D eigenvalue weighted by atomic mass is 9.97. The van der Waals surface area contributed by atoms with Crippen LogP contribution in [0.3, 0.4) is 0 Å². The lowest BCUT2D eigenvalue weighted by Gasteiger charge is -2.13. The van der Waals surface area contributed by atoms with Crippen molar-refractivity contribution in [2.24, 2.45) is 0 Å². The number of H-pyrrole nitrogens is 1. The third-order valence-electron chi connectivity index (χ3n) is 3.79. The fourth-order valence-corrected chi connectivity index (χ4v) is 3.69. The summed E-state index contributed by atoms with van der Waals surface area (Å²) in [5.41, 5.74) is 1.99. The van der Waals surface area contributed by atoms with Crippen molar-refractivity contribution >= 4 is 17.3 Å². The maximum Gasteiger partial charge on any atom is 0.347 e. The van der Waals surface area contributed by atoms with Gasteiger partial charge in [-0.05, 0) is 31.6 Å². The highest BCUT2D eigenvalue weighted by Gasteiger charge is 2.23. The molecule has 3 rings (SSSR count). The van der Waals surface area contributed by atoms with E-state index in [1.807, 2.05) is 13.8 Å². The van der Waals surface area contributed by atoms with Crippen molar-refractivity contribution in [3.05, 3.63) is 32.2 Å². The average molecular weight is 319 g/mol. The summed E-state index contributed by atoms with van der Waals surface area (Å²) in [7, 11) is 0. The van der Waals surface area contributed by atoms with Crippen molar-refractivity contribution < 1.29 is 9.90 Å². The molecule has 0 spiro atoms. The van der Waals surface area contributed by atoms with Crippen LogP contribution in [0.2, 0.25) is 0 Å². The van der Waals surface area contributed by atoms with E-state index in [1.165, 1.54) is 0 Å². The monoisotopic (exact) mass is 319 g/mol. The smallest absolute Gasteiger partial charge is 0.347 e. The number of carboxylic acids is 1. The van der Waals surface area contributed by atoms with Crippen molar-refractivity contribution in [1.82, 2.24) is 15.0 Å². The van der Waals surface area contributed by atoms with Crippen LogP contribution < -0.4 is 5.56 Å². The summed E-state index contributed by atoms with van der Waals surface area (Å²) in [6.07, 6.45) is 3.58. The highest BCUT2D eigenvalue weighted by molar-refractivity contribution is 7.16. The SMILES string of the molecule is CC(C)c1nc(-c2nc3c(c(=O)[nH]2)CCCC3)sc1C(=O)O. The van der Waals surface area contributed by atoms with Crippen molar-refractivity contribution in [2.45, 2.75) is 45.4 Å². The lowest BCUT2D eigenvalue weighted by Crippen LogP contribution is -2.21. The second kappa shape index (κ2) is 5.64. The fourth-order valence-electron chi connectivity index (χ4n) is 2.68.